The van der Waals surface area contributed by atoms with Gasteiger partial charge in [0.25, 0.3) is 11.8 Å². The van der Waals surface area contributed by atoms with Crippen molar-refractivity contribution in [1.82, 2.24) is 20.9 Å². The first-order valence-corrected chi connectivity index (χ1v) is 11.0. The Bertz CT molecular complexity index is 763. The molecule has 0 bridgehead atoms. The Morgan fingerprint density at radius 1 is 0.939 bits per heavy atom. The van der Waals surface area contributed by atoms with Gasteiger partial charge in [0, 0.05) is 31.7 Å². The SMILES string of the molecule is CC(C)[C@H](NC(=O)CCCCCN1C(=O)C=CC1=O)C(=O)NC(CCCNC(N)=O)C(N)=O. The minimum atomic E-state index is -0.948. The molecule has 0 radical (unpaired) electrons. The molecule has 7 amide bonds. The molecule has 1 aliphatic rings. The molecule has 0 saturated heterocycles. The van der Waals surface area contributed by atoms with Crippen molar-refractivity contribution in [3.05, 3.63) is 12.2 Å². The molecule has 1 heterocycles. The number of unbranched alkanes of at least 4 members (excludes halogenated alkanes) is 2. The smallest absolute Gasteiger partial charge is 0.312 e. The van der Waals surface area contributed by atoms with Crippen LogP contribution in [0.1, 0.15) is 52.4 Å². The average molecular weight is 467 g/mol. The van der Waals surface area contributed by atoms with E-state index in [2.05, 4.69) is 16.0 Å². The quantitative estimate of drug-likeness (QED) is 0.152. The number of rotatable bonds is 15. The van der Waals surface area contributed by atoms with Gasteiger partial charge in [-0.15, -0.1) is 0 Å². The normalized spacial score (nSPS) is 14.8. The van der Waals surface area contributed by atoms with E-state index in [-0.39, 0.29) is 43.0 Å². The molecule has 0 aromatic heterocycles. The molecule has 12 nitrogen and oxygen atoms in total. The third-order valence-corrected chi connectivity index (χ3v) is 5.08. The van der Waals surface area contributed by atoms with Gasteiger partial charge in [0.05, 0.1) is 0 Å². The first-order valence-electron chi connectivity index (χ1n) is 11.0. The number of hydrogen-bond acceptors (Lipinski definition) is 6. The van der Waals surface area contributed by atoms with E-state index in [0.717, 1.165) is 4.90 Å². The van der Waals surface area contributed by atoms with E-state index in [1.165, 1.54) is 12.2 Å². The molecule has 0 saturated carbocycles. The van der Waals surface area contributed by atoms with Gasteiger partial charge in [0.2, 0.25) is 17.7 Å². The predicted molar refractivity (Wildman–Crippen MR) is 119 cm³/mol. The Morgan fingerprint density at radius 3 is 2.12 bits per heavy atom. The van der Waals surface area contributed by atoms with Gasteiger partial charge in [0.1, 0.15) is 12.1 Å². The maximum Gasteiger partial charge on any atom is 0.312 e. The second-order valence-electron chi connectivity index (χ2n) is 8.16. The molecular weight excluding hydrogens is 432 g/mol. The summed E-state index contributed by atoms with van der Waals surface area (Å²) in [7, 11) is 0. The van der Waals surface area contributed by atoms with Crippen molar-refractivity contribution in [2.24, 2.45) is 17.4 Å². The molecular formula is C21H34N6O6. The van der Waals surface area contributed by atoms with Gasteiger partial charge < -0.3 is 27.4 Å². The van der Waals surface area contributed by atoms with E-state index in [9.17, 15) is 28.8 Å². The molecule has 0 spiro atoms. The van der Waals surface area contributed by atoms with Crippen LogP contribution in [0.3, 0.4) is 0 Å². The third kappa shape index (κ3) is 10.1. The number of amides is 7. The number of carbonyl (C=O) groups is 6. The highest BCUT2D eigenvalue weighted by atomic mass is 16.2. The molecule has 2 atom stereocenters. The summed E-state index contributed by atoms with van der Waals surface area (Å²) in [6.07, 6.45) is 4.95. The summed E-state index contributed by atoms with van der Waals surface area (Å²) in [6, 6.07) is -2.49. The monoisotopic (exact) mass is 466 g/mol. The third-order valence-electron chi connectivity index (χ3n) is 5.08. The van der Waals surface area contributed by atoms with Crippen molar-refractivity contribution in [3.8, 4) is 0 Å². The minimum Gasteiger partial charge on any atom is -0.368 e. The number of nitrogens with one attached hydrogen (secondary N) is 3. The fraction of sp³-hybridized carbons (Fsp3) is 0.619. The lowest BCUT2D eigenvalue weighted by Crippen LogP contribution is -2.54. The minimum absolute atomic E-state index is 0.175. The number of nitrogens with zero attached hydrogens (tertiary/aromatic N) is 1. The number of carbonyl (C=O) groups excluding carboxylic acids is 6. The molecule has 0 aromatic carbocycles. The van der Waals surface area contributed by atoms with Crippen LogP contribution < -0.4 is 27.4 Å². The second kappa shape index (κ2) is 13.9. The molecule has 0 aromatic rings. The van der Waals surface area contributed by atoms with Crippen LogP contribution in [0.5, 0.6) is 0 Å². The Balaban J connectivity index is 2.43. The lowest BCUT2D eigenvalue weighted by molar-refractivity contribution is -0.137. The molecule has 1 rings (SSSR count). The van der Waals surface area contributed by atoms with Crippen molar-refractivity contribution in [3.63, 3.8) is 0 Å². The molecule has 7 N–H and O–H groups in total. The summed E-state index contributed by atoms with van der Waals surface area (Å²) in [5.74, 6) is -2.47. The number of primary amides is 2. The zero-order valence-electron chi connectivity index (χ0n) is 19.1. The van der Waals surface area contributed by atoms with Gasteiger partial charge in [-0.1, -0.05) is 20.3 Å². The molecule has 12 heteroatoms. The Morgan fingerprint density at radius 2 is 1.58 bits per heavy atom. The zero-order chi connectivity index (χ0) is 25.0. The van der Waals surface area contributed by atoms with Gasteiger partial charge in [-0.2, -0.15) is 0 Å². The van der Waals surface area contributed by atoms with Crippen LogP contribution in [-0.4, -0.2) is 65.6 Å². The predicted octanol–water partition coefficient (Wildman–Crippen LogP) is -0.969. The van der Waals surface area contributed by atoms with E-state index >= 15 is 0 Å². The van der Waals surface area contributed by atoms with Crippen LogP contribution in [-0.2, 0) is 24.0 Å². The number of nitrogens with two attached hydrogens (primary N) is 2. The number of hydrogen-bond donors (Lipinski definition) is 5. The van der Waals surface area contributed by atoms with E-state index in [1.54, 1.807) is 13.8 Å². The summed E-state index contributed by atoms with van der Waals surface area (Å²) in [6.45, 7) is 4.06. The van der Waals surface area contributed by atoms with Crippen molar-refractivity contribution >= 4 is 35.6 Å². The molecule has 1 aliphatic heterocycles. The van der Waals surface area contributed by atoms with E-state index in [0.29, 0.717) is 32.2 Å². The van der Waals surface area contributed by atoms with Crippen LogP contribution in [0.15, 0.2) is 12.2 Å². The van der Waals surface area contributed by atoms with Crippen molar-refractivity contribution in [1.29, 1.82) is 0 Å². The average Bonchev–Trinajstić information content (AvgIpc) is 3.05. The maximum atomic E-state index is 12.7. The summed E-state index contributed by atoms with van der Waals surface area (Å²) in [5, 5.41) is 7.63. The van der Waals surface area contributed by atoms with Crippen molar-refractivity contribution < 1.29 is 28.8 Å². The molecule has 0 aliphatic carbocycles. The Hall–Kier alpha value is -3.44. The van der Waals surface area contributed by atoms with E-state index < -0.39 is 29.9 Å². The van der Waals surface area contributed by atoms with Crippen LogP contribution >= 0.6 is 0 Å². The van der Waals surface area contributed by atoms with Crippen LogP contribution in [0.4, 0.5) is 4.79 Å². The van der Waals surface area contributed by atoms with Crippen LogP contribution in [0.2, 0.25) is 0 Å². The lowest BCUT2D eigenvalue weighted by atomic mass is 10.0. The van der Waals surface area contributed by atoms with Gasteiger partial charge in [-0.05, 0) is 31.6 Å². The van der Waals surface area contributed by atoms with Gasteiger partial charge in [0.15, 0.2) is 0 Å². The molecule has 33 heavy (non-hydrogen) atoms. The number of imide groups is 1. The Labute approximate surface area is 192 Å². The van der Waals surface area contributed by atoms with Crippen LogP contribution in [0.25, 0.3) is 0 Å². The van der Waals surface area contributed by atoms with Crippen molar-refractivity contribution in [2.45, 2.75) is 64.5 Å². The number of urea groups is 1. The standard InChI is InChI=1S/C21H34N6O6/c1-13(2)18(20(32)25-14(19(22)31)7-6-11-24-21(23)33)26-15(28)8-4-3-5-12-27-16(29)9-10-17(27)30/h9-10,13-14,18H,3-8,11-12H2,1-2H3,(H2,22,31)(H,25,32)(H,26,28)(H3,23,24,33)/t14?,18-/m0/s1. The summed E-state index contributed by atoms with van der Waals surface area (Å²) in [5.41, 5.74) is 10.3. The molecule has 0 fully saturated rings. The summed E-state index contributed by atoms with van der Waals surface area (Å²) < 4.78 is 0. The van der Waals surface area contributed by atoms with Gasteiger partial charge in [-0.25, -0.2) is 4.79 Å². The molecule has 184 valence electrons. The highest BCUT2D eigenvalue weighted by Crippen LogP contribution is 2.09. The van der Waals surface area contributed by atoms with Crippen molar-refractivity contribution in [2.75, 3.05) is 13.1 Å². The first-order chi connectivity index (χ1) is 15.5. The molecule has 1 unspecified atom stereocenters. The zero-order valence-corrected chi connectivity index (χ0v) is 19.1. The Kier molecular flexibility index (Phi) is 11.6. The highest BCUT2D eigenvalue weighted by molar-refractivity contribution is 6.12. The maximum absolute atomic E-state index is 12.7. The second-order valence-corrected chi connectivity index (χ2v) is 8.16. The fourth-order valence-electron chi connectivity index (χ4n) is 3.23. The lowest BCUT2D eigenvalue weighted by Gasteiger charge is -2.24. The van der Waals surface area contributed by atoms with E-state index in [1.807, 2.05) is 0 Å². The topological polar surface area (TPSA) is 194 Å². The van der Waals surface area contributed by atoms with E-state index in [4.69, 9.17) is 11.5 Å². The fourth-order valence-corrected chi connectivity index (χ4v) is 3.23. The van der Waals surface area contributed by atoms with Gasteiger partial charge >= 0.3 is 6.03 Å². The van der Waals surface area contributed by atoms with Gasteiger partial charge in [-0.3, -0.25) is 28.9 Å². The highest BCUT2D eigenvalue weighted by Gasteiger charge is 2.28. The largest absolute Gasteiger partial charge is 0.368 e. The van der Waals surface area contributed by atoms with Crippen LogP contribution in [0, 0.1) is 5.92 Å². The first kappa shape index (κ1) is 27.6. The summed E-state index contributed by atoms with van der Waals surface area (Å²) in [4.78, 5) is 71.5. The summed E-state index contributed by atoms with van der Waals surface area (Å²) >= 11 is 0.